The molecule has 1 aliphatic rings. The van der Waals surface area contributed by atoms with Crippen LogP contribution in [0.3, 0.4) is 0 Å². The Morgan fingerprint density at radius 1 is 1.24 bits per heavy atom. The number of rotatable bonds is 3. The molecule has 0 bridgehead atoms. The molecule has 132 valence electrons. The molecule has 0 spiro atoms. The first-order chi connectivity index (χ1) is 11.8. The maximum Gasteiger partial charge on any atom is 0.254 e. The van der Waals surface area contributed by atoms with E-state index in [4.69, 9.17) is 5.73 Å². The second-order valence-corrected chi connectivity index (χ2v) is 8.14. The quantitative estimate of drug-likeness (QED) is 0.853. The molecule has 25 heavy (non-hydrogen) atoms. The minimum atomic E-state index is -3.51. The zero-order valence-electron chi connectivity index (χ0n) is 14.0. The van der Waals surface area contributed by atoms with E-state index in [1.165, 1.54) is 38.4 Å². The molecule has 0 unspecified atom stereocenters. The highest BCUT2D eigenvalue weighted by Gasteiger charge is 2.24. The van der Waals surface area contributed by atoms with Crippen molar-refractivity contribution < 1.29 is 13.2 Å². The van der Waals surface area contributed by atoms with Gasteiger partial charge in [0, 0.05) is 32.4 Å². The van der Waals surface area contributed by atoms with Crippen molar-refractivity contribution in [2.45, 2.75) is 17.9 Å². The van der Waals surface area contributed by atoms with Crippen molar-refractivity contribution in [3.8, 4) is 0 Å². The highest BCUT2D eigenvalue weighted by molar-refractivity contribution is 7.89. The number of carbonyl (C=O) groups excluding carboxylic acids is 1. The van der Waals surface area contributed by atoms with Crippen LogP contribution >= 0.6 is 0 Å². The summed E-state index contributed by atoms with van der Waals surface area (Å²) in [5.74, 6) is 0.0166. The van der Waals surface area contributed by atoms with Crippen molar-refractivity contribution in [2.75, 3.05) is 26.4 Å². The summed E-state index contributed by atoms with van der Waals surface area (Å²) in [6, 6.07) is 5.95. The number of sulfonamides is 1. The maximum atomic E-state index is 12.7. The molecule has 1 aliphatic heterocycles. The van der Waals surface area contributed by atoms with Gasteiger partial charge in [0.2, 0.25) is 16.0 Å². The molecule has 2 heterocycles. The monoisotopic (exact) mass is 361 g/mol. The molecular formula is C16H19N5O3S. The van der Waals surface area contributed by atoms with E-state index in [2.05, 4.69) is 9.97 Å². The van der Waals surface area contributed by atoms with E-state index in [-0.39, 0.29) is 16.8 Å². The fraction of sp³-hybridized carbons (Fsp3) is 0.312. The van der Waals surface area contributed by atoms with Gasteiger partial charge in [-0.3, -0.25) is 4.79 Å². The van der Waals surface area contributed by atoms with Gasteiger partial charge in [-0.25, -0.2) is 22.7 Å². The van der Waals surface area contributed by atoms with Crippen molar-refractivity contribution in [2.24, 2.45) is 0 Å². The summed E-state index contributed by atoms with van der Waals surface area (Å²) in [5.41, 5.74) is 7.78. The van der Waals surface area contributed by atoms with Crippen LogP contribution in [0.2, 0.25) is 0 Å². The number of carbonyl (C=O) groups is 1. The van der Waals surface area contributed by atoms with Gasteiger partial charge < -0.3 is 10.6 Å². The molecule has 1 aromatic heterocycles. The van der Waals surface area contributed by atoms with Crippen LogP contribution in [-0.4, -0.2) is 54.1 Å². The zero-order valence-corrected chi connectivity index (χ0v) is 14.8. The van der Waals surface area contributed by atoms with Gasteiger partial charge in [-0.15, -0.1) is 0 Å². The first kappa shape index (κ1) is 17.3. The van der Waals surface area contributed by atoms with Gasteiger partial charge in [0.15, 0.2) is 0 Å². The Morgan fingerprint density at radius 3 is 2.56 bits per heavy atom. The van der Waals surface area contributed by atoms with Crippen molar-refractivity contribution in [3.05, 3.63) is 47.3 Å². The number of hydrogen-bond acceptors (Lipinski definition) is 6. The Bertz CT molecular complexity index is 910. The molecule has 2 aromatic rings. The van der Waals surface area contributed by atoms with Crippen LogP contribution < -0.4 is 5.73 Å². The molecule has 0 atom stereocenters. The Labute approximate surface area is 146 Å². The first-order valence-electron chi connectivity index (χ1n) is 7.71. The number of aromatic nitrogens is 2. The summed E-state index contributed by atoms with van der Waals surface area (Å²) in [7, 11) is -0.581. The van der Waals surface area contributed by atoms with E-state index in [0.717, 1.165) is 15.6 Å². The van der Waals surface area contributed by atoms with Crippen LogP contribution in [0.1, 0.15) is 21.6 Å². The highest BCUT2D eigenvalue weighted by Crippen LogP contribution is 2.20. The predicted octanol–water partition coefficient (Wildman–Crippen LogP) is 0.508. The summed E-state index contributed by atoms with van der Waals surface area (Å²) >= 11 is 0. The molecule has 1 amide bonds. The lowest BCUT2D eigenvalue weighted by Crippen LogP contribution is -2.36. The number of nitrogen functional groups attached to an aromatic ring is 1. The smallest absolute Gasteiger partial charge is 0.254 e. The number of benzene rings is 1. The number of hydrogen-bond donors (Lipinski definition) is 1. The normalized spacial score (nSPS) is 14.4. The summed E-state index contributed by atoms with van der Waals surface area (Å²) in [6.45, 7) is 0.912. The molecule has 0 radical (unpaired) electrons. The zero-order chi connectivity index (χ0) is 18.2. The topological polar surface area (TPSA) is 109 Å². The Hall–Kier alpha value is -2.52. The lowest BCUT2D eigenvalue weighted by molar-refractivity contribution is 0.0731. The van der Waals surface area contributed by atoms with Crippen LogP contribution in [0.25, 0.3) is 0 Å². The van der Waals surface area contributed by atoms with Crippen LogP contribution in [0.5, 0.6) is 0 Å². The summed E-state index contributed by atoms with van der Waals surface area (Å²) in [4.78, 5) is 22.7. The van der Waals surface area contributed by atoms with Gasteiger partial charge in [-0.2, -0.15) is 0 Å². The number of fused-ring (bicyclic) bond motifs is 1. The number of nitrogens with two attached hydrogens (primary N) is 1. The number of nitrogens with zero attached hydrogens (tertiary/aromatic N) is 4. The van der Waals surface area contributed by atoms with Crippen LogP contribution in [0.15, 0.2) is 35.4 Å². The van der Waals surface area contributed by atoms with E-state index in [1.807, 2.05) is 0 Å². The molecule has 0 fully saturated rings. The van der Waals surface area contributed by atoms with Crippen LogP contribution in [0, 0.1) is 0 Å². The second-order valence-electron chi connectivity index (χ2n) is 5.99. The van der Waals surface area contributed by atoms with Crippen molar-refractivity contribution >= 4 is 21.9 Å². The van der Waals surface area contributed by atoms with Gasteiger partial charge in [0.25, 0.3) is 5.91 Å². The molecule has 1 aromatic carbocycles. The molecule has 9 heteroatoms. The summed E-state index contributed by atoms with van der Waals surface area (Å²) in [6.07, 6.45) is 2.36. The van der Waals surface area contributed by atoms with Crippen LogP contribution in [-0.2, 0) is 23.0 Å². The first-order valence-corrected chi connectivity index (χ1v) is 9.15. The van der Waals surface area contributed by atoms with Gasteiger partial charge in [-0.1, -0.05) is 0 Å². The predicted molar refractivity (Wildman–Crippen MR) is 92.2 cm³/mol. The summed E-state index contributed by atoms with van der Waals surface area (Å²) < 4.78 is 25.3. The third-order valence-electron chi connectivity index (χ3n) is 4.13. The summed E-state index contributed by atoms with van der Waals surface area (Å²) in [5, 5.41) is 0. The minimum absolute atomic E-state index is 0.151. The fourth-order valence-corrected chi connectivity index (χ4v) is 3.56. The Kier molecular flexibility index (Phi) is 4.44. The van der Waals surface area contributed by atoms with E-state index >= 15 is 0 Å². The molecule has 8 nitrogen and oxygen atoms in total. The Balaban J connectivity index is 1.80. The van der Waals surface area contributed by atoms with E-state index in [1.54, 1.807) is 11.1 Å². The van der Waals surface area contributed by atoms with Crippen molar-refractivity contribution in [1.82, 2.24) is 19.2 Å². The number of amides is 1. The van der Waals surface area contributed by atoms with Crippen molar-refractivity contribution in [1.29, 1.82) is 0 Å². The molecule has 0 saturated heterocycles. The molecular weight excluding hydrogens is 342 g/mol. The SMILES string of the molecule is CN(C)S(=O)(=O)c1ccc(C(=O)N2CCc3cnc(N)nc3C2)cc1. The lowest BCUT2D eigenvalue weighted by Gasteiger charge is -2.28. The second kappa shape index (κ2) is 6.41. The standard InChI is InChI=1S/C16H19N5O3S/c1-20(2)25(23,24)13-5-3-11(4-6-13)15(22)21-8-7-12-9-18-16(17)19-14(12)10-21/h3-6,9H,7-8,10H2,1-2H3,(H2,17,18,19). The highest BCUT2D eigenvalue weighted by atomic mass is 32.2. The molecule has 0 aliphatic carbocycles. The molecule has 2 N–H and O–H groups in total. The Morgan fingerprint density at radius 2 is 1.92 bits per heavy atom. The van der Waals surface area contributed by atoms with Gasteiger partial charge in [0.1, 0.15) is 0 Å². The maximum absolute atomic E-state index is 12.7. The van der Waals surface area contributed by atoms with Gasteiger partial charge in [0.05, 0.1) is 17.1 Å². The van der Waals surface area contributed by atoms with Crippen LogP contribution in [0.4, 0.5) is 5.95 Å². The van der Waals surface area contributed by atoms with Crippen molar-refractivity contribution in [3.63, 3.8) is 0 Å². The minimum Gasteiger partial charge on any atom is -0.368 e. The fourth-order valence-electron chi connectivity index (χ4n) is 2.65. The number of anilines is 1. The largest absolute Gasteiger partial charge is 0.368 e. The average molecular weight is 361 g/mol. The molecule has 3 rings (SSSR count). The van der Waals surface area contributed by atoms with Gasteiger partial charge in [-0.05, 0) is 36.2 Å². The van der Waals surface area contributed by atoms with Gasteiger partial charge >= 0.3 is 0 Å². The molecule has 0 saturated carbocycles. The van der Waals surface area contributed by atoms with E-state index < -0.39 is 10.0 Å². The average Bonchev–Trinajstić information content (AvgIpc) is 2.60. The van der Waals surface area contributed by atoms with E-state index in [0.29, 0.717) is 25.1 Å². The third kappa shape index (κ3) is 3.33. The lowest BCUT2D eigenvalue weighted by atomic mass is 10.1. The van der Waals surface area contributed by atoms with E-state index in [9.17, 15) is 13.2 Å². The third-order valence-corrected chi connectivity index (χ3v) is 5.96.